The number of nitrogens with one attached hydrogen (secondary N) is 1. The van der Waals surface area contributed by atoms with Gasteiger partial charge in [0.25, 0.3) is 0 Å². The fourth-order valence-corrected chi connectivity index (χ4v) is 2.81. The standard InChI is InChI=1S/C17H17N5O3/c23-8-13-12(24)6-14(25-13)22-10-21-15-16(19-9-20-17(15)22)18-7-11-4-2-1-3-5-11/h1-5,9-10,14,23-24H,6-8H2,(H,18,19,20). The van der Waals surface area contributed by atoms with Crippen molar-refractivity contribution in [3.63, 3.8) is 0 Å². The Balaban J connectivity index is 1.58. The van der Waals surface area contributed by atoms with Crippen molar-refractivity contribution in [2.75, 3.05) is 11.9 Å². The molecule has 8 heteroatoms. The van der Waals surface area contributed by atoms with Gasteiger partial charge >= 0.3 is 0 Å². The number of fused-ring (bicyclic) bond motifs is 1. The average molecular weight is 339 g/mol. The van der Waals surface area contributed by atoms with Gasteiger partial charge in [0.1, 0.15) is 25.0 Å². The minimum atomic E-state index is -0.482. The number of aliphatic hydroxyl groups excluding tert-OH is 2. The fraction of sp³-hybridized carbons (Fsp3) is 0.235. The van der Waals surface area contributed by atoms with Crippen molar-refractivity contribution in [2.45, 2.75) is 19.2 Å². The summed E-state index contributed by atoms with van der Waals surface area (Å²) in [4.78, 5) is 12.9. The zero-order valence-electron chi connectivity index (χ0n) is 13.3. The van der Waals surface area contributed by atoms with E-state index < -0.39 is 6.23 Å². The van der Waals surface area contributed by atoms with Gasteiger partial charge in [0.15, 0.2) is 29.0 Å². The Kier molecular flexibility index (Phi) is 3.95. The van der Waals surface area contributed by atoms with Gasteiger partial charge in [-0.3, -0.25) is 4.57 Å². The Morgan fingerprint density at radius 2 is 2.04 bits per heavy atom. The molecule has 0 radical (unpaired) electrons. The molecular weight excluding hydrogens is 322 g/mol. The summed E-state index contributed by atoms with van der Waals surface area (Å²) < 4.78 is 7.29. The third-order valence-corrected chi connectivity index (χ3v) is 4.08. The maximum Gasteiger partial charge on any atom is 0.185 e. The maximum absolute atomic E-state index is 9.81. The molecule has 0 saturated heterocycles. The van der Waals surface area contributed by atoms with Crippen LogP contribution >= 0.6 is 0 Å². The number of anilines is 1. The molecule has 3 aromatic rings. The molecule has 25 heavy (non-hydrogen) atoms. The molecule has 3 heterocycles. The van der Waals surface area contributed by atoms with Crippen molar-refractivity contribution in [2.24, 2.45) is 0 Å². The summed E-state index contributed by atoms with van der Waals surface area (Å²) in [5.74, 6) is 0.860. The molecule has 0 bridgehead atoms. The van der Waals surface area contributed by atoms with Crippen LogP contribution in [0.2, 0.25) is 0 Å². The van der Waals surface area contributed by atoms with Gasteiger partial charge in [-0.05, 0) is 5.56 Å². The number of benzene rings is 1. The molecule has 1 aliphatic heterocycles. The van der Waals surface area contributed by atoms with Crippen LogP contribution in [0.4, 0.5) is 5.82 Å². The van der Waals surface area contributed by atoms with E-state index in [1.807, 2.05) is 30.3 Å². The van der Waals surface area contributed by atoms with Gasteiger partial charge in [0, 0.05) is 6.54 Å². The molecule has 0 amide bonds. The lowest BCUT2D eigenvalue weighted by molar-refractivity contribution is 0.0656. The first-order valence-electron chi connectivity index (χ1n) is 7.90. The molecule has 0 saturated carbocycles. The Bertz CT molecular complexity index is 922. The number of rotatable bonds is 5. The summed E-state index contributed by atoms with van der Waals surface area (Å²) in [7, 11) is 0. The molecule has 2 aromatic heterocycles. The Hall–Kier alpha value is -3.13. The topological polar surface area (TPSA) is 105 Å². The van der Waals surface area contributed by atoms with Crippen LogP contribution in [-0.2, 0) is 11.3 Å². The SMILES string of the molecule is OCC1=C(O)CC(n2cnc3c(NCc4ccccc4)ncnc32)O1. The van der Waals surface area contributed by atoms with Gasteiger partial charge in [-0.2, -0.15) is 0 Å². The first-order valence-corrected chi connectivity index (χ1v) is 7.90. The van der Waals surface area contributed by atoms with Crippen LogP contribution in [0.15, 0.2) is 54.5 Å². The van der Waals surface area contributed by atoms with Crippen LogP contribution < -0.4 is 5.32 Å². The summed E-state index contributed by atoms with van der Waals surface area (Å²) >= 11 is 0. The van der Waals surface area contributed by atoms with Crippen LogP contribution in [0.3, 0.4) is 0 Å². The van der Waals surface area contributed by atoms with Crippen LogP contribution in [0, 0.1) is 0 Å². The highest BCUT2D eigenvalue weighted by molar-refractivity contribution is 5.82. The van der Waals surface area contributed by atoms with E-state index in [1.54, 1.807) is 10.9 Å². The minimum Gasteiger partial charge on any atom is -0.508 e. The molecule has 8 nitrogen and oxygen atoms in total. The molecular formula is C17H17N5O3. The number of hydrogen-bond donors (Lipinski definition) is 3. The summed E-state index contributed by atoms with van der Waals surface area (Å²) in [6.45, 7) is 0.282. The van der Waals surface area contributed by atoms with E-state index in [1.165, 1.54) is 6.33 Å². The second-order valence-electron chi connectivity index (χ2n) is 5.69. The second-order valence-corrected chi connectivity index (χ2v) is 5.69. The zero-order chi connectivity index (χ0) is 17.2. The Morgan fingerprint density at radius 3 is 2.80 bits per heavy atom. The van der Waals surface area contributed by atoms with E-state index >= 15 is 0 Å². The number of imidazole rings is 1. The van der Waals surface area contributed by atoms with Gasteiger partial charge in [0.2, 0.25) is 0 Å². The molecule has 4 rings (SSSR count). The van der Waals surface area contributed by atoms with Gasteiger partial charge in [-0.25, -0.2) is 15.0 Å². The van der Waals surface area contributed by atoms with Crippen LogP contribution in [0.25, 0.3) is 11.2 Å². The normalized spacial score (nSPS) is 17.1. The van der Waals surface area contributed by atoms with E-state index in [-0.39, 0.29) is 24.5 Å². The van der Waals surface area contributed by atoms with Crippen molar-refractivity contribution in [3.05, 3.63) is 60.1 Å². The third kappa shape index (κ3) is 2.87. The molecule has 128 valence electrons. The molecule has 0 fully saturated rings. The van der Waals surface area contributed by atoms with Gasteiger partial charge in [-0.1, -0.05) is 30.3 Å². The van der Waals surface area contributed by atoms with Gasteiger partial charge in [0.05, 0.1) is 6.42 Å². The quantitative estimate of drug-likeness (QED) is 0.654. The van der Waals surface area contributed by atoms with Crippen molar-refractivity contribution >= 4 is 17.0 Å². The van der Waals surface area contributed by atoms with E-state index in [0.717, 1.165) is 5.56 Å². The first kappa shape index (κ1) is 15.4. The number of aliphatic hydroxyl groups is 2. The minimum absolute atomic E-state index is 0.0471. The fourth-order valence-electron chi connectivity index (χ4n) is 2.81. The van der Waals surface area contributed by atoms with Gasteiger partial charge in [-0.15, -0.1) is 0 Å². The summed E-state index contributed by atoms with van der Waals surface area (Å²) in [6, 6.07) is 10.00. The van der Waals surface area contributed by atoms with E-state index in [9.17, 15) is 10.2 Å². The first-order chi connectivity index (χ1) is 12.3. The largest absolute Gasteiger partial charge is 0.508 e. The molecule has 1 aliphatic rings. The van der Waals surface area contributed by atoms with Crippen molar-refractivity contribution < 1.29 is 14.9 Å². The molecule has 1 atom stereocenters. The Morgan fingerprint density at radius 1 is 1.20 bits per heavy atom. The number of hydrogen-bond acceptors (Lipinski definition) is 7. The highest BCUT2D eigenvalue weighted by Gasteiger charge is 2.28. The molecule has 0 spiro atoms. The van der Waals surface area contributed by atoms with Gasteiger partial charge < -0.3 is 20.3 Å². The molecule has 1 unspecified atom stereocenters. The average Bonchev–Trinajstić information content (AvgIpc) is 3.24. The monoisotopic (exact) mass is 339 g/mol. The van der Waals surface area contributed by atoms with Crippen LogP contribution in [0.5, 0.6) is 0 Å². The number of aromatic nitrogens is 4. The lowest BCUT2D eigenvalue weighted by Gasteiger charge is -2.13. The number of ether oxygens (including phenoxy) is 1. The summed E-state index contributed by atoms with van der Waals surface area (Å²) in [5.41, 5.74) is 2.36. The van der Waals surface area contributed by atoms with Crippen LogP contribution in [-0.4, -0.2) is 36.3 Å². The summed E-state index contributed by atoms with van der Waals surface area (Å²) in [6.07, 6.45) is 2.84. The van der Waals surface area contributed by atoms with Crippen LogP contribution in [0.1, 0.15) is 18.2 Å². The highest BCUT2D eigenvalue weighted by Crippen LogP contribution is 2.32. The van der Waals surface area contributed by atoms with Crippen molar-refractivity contribution in [1.29, 1.82) is 0 Å². The smallest absolute Gasteiger partial charge is 0.185 e. The molecule has 3 N–H and O–H groups in total. The predicted molar refractivity (Wildman–Crippen MR) is 90.6 cm³/mol. The van der Waals surface area contributed by atoms with E-state index in [0.29, 0.717) is 23.5 Å². The highest BCUT2D eigenvalue weighted by atomic mass is 16.5. The Labute approximate surface area is 143 Å². The predicted octanol–water partition coefficient (Wildman–Crippen LogP) is 2.12. The van der Waals surface area contributed by atoms with E-state index in [4.69, 9.17) is 4.74 Å². The maximum atomic E-state index is 9.81. The number of nitrogens with zero attached hydrogens (tertiary/aromatic N) is 4. The molecule has 1 aromatic carbocycles. The third-order valence-electron chi connectivity index (χ3n) is 4.08. The zero-order valence-corrected chi connectivity index (χ0v) is 13.3. The van der Waals surface area contributed by atoms with Crippen molar-refractivity contribution in [1.82, 2.24) is 19.5 Å². The summed E-state index contributed by atoms with van der Waals surface area (Å²) in [5, 5.41) is 22.3. The lowest BCUT2D eigenvalue weighted by Crippen LogP contribution is -2.09. The second kappa shape index (κ2) is 6.40. The molecule has 0 aliphatic carbocycles. The van der Waals surface area contributed by atoms with Crippen molar-refractivity contribution in [3.8, 4) is 0 Å². The van der Waals surface area contributed by atoms with E-state index in [2.05, 4.69) is 20.3 Å². The lowest BCUT2D eigenvalue weighted by atomic mass is 10.2.